The van der Waals surface area contributed by atoms with Crippen molar-refractivity contribution >= 4 is 17.8 Å². The second-order valence-electron chi connectivity index (χ2n) is 1.41. The molecule has 0 spiro atoms. The van der Waals surface area contributed by atoms with Gasteiger partial charge in [-0.3, -0.25) is 0 Å². The molecule has 10 heavy (non-hydrogen) atoms. The van der Waals surface area contributed by atoms with E-state index in [-0.39, 0.29) is 34.9 Å². The number of anilines is 3. The Kier molecular flexibility index (Phi) is 2.85. The minimum Gasteiger partial charge on any atom is -0.368 e. The van der Waals surface area contributed by atoms with Crippen LogP contribution in [0, 0.1) is 0 Å². The van der Waals surface area contributed by atoms with Gasteiger partial charge in [0.15, 0.2) is 0 Å². The summed E-state index contributed by atoms with van der Waals surface area (Å²) in [5, 5.41) is 0. The van der Waals surface area contributed by atoms with Crippen molar-refractivity contribution in [3.05, 3.63) is 0 Å². The maximum atomic E-state index is 5.14. The Morgan fingerprint density at radius 3 is 1.10 bits per heavy atom. The maximum Gasteiger partial charge on any atom is 1.00 e. The summed E-state index contributed by atoms with van der Waals surface area (Å²) >= 11 is 0. The first-order valence-electron chi connectivity index (χ1n) is 2.21. The van der Waals surface area contributed by atoms with Crippen molar-refractivity contribution < 1.29 is 17.1 Å². The van der Waals surface area contributed by atoms with E-state index in [4.69, 9.17) is 17.2 Å². The van der Waals surface area contributed by atoms with Gasteiger partial charge in [0, 0.05) is 0 Å². The van der Waals surface area contributed by atoms with Gasteiger partial charge in [0.25, 0.3) is 0 Å². The molecule has 0 saturated carbocycles. The predicted molar refractivity (Wildman–Crippen MR) is 33.1 cm³/mol. The summed E-state index contributed by atoms with van der Waals surface area (Å²) in [6, 6.07) is 0. The quantitative estimate of drug-likeness (QED) is 0.433. The van der Waals surface area contributed by atoms with E-state index in [1.54, 1.807) is 0 Å². The molecule has 0 aliphatic carbocycles. The van der Waals surface area contributed by atoms with E-state index >= 15 is 0 Å². The zero-order valence-electron chi connectivity index (χ0n) is 4.88. The molecule has 6 nitrogen and oxygen atoms in total. The van der Waals surface area contributed by atoms with Crippen molar-refractivity contribution in [1.82, 2.24) is 15.0 Å². The smallest absolute Gasteiger partial charge is 0.368 e. The van der Waals surface area contributed by atoms with Crippen LogP contribution in [0.4, 0.5) is 17.8 Å². The Hall–Kier alpha value is -1.07. The molecule has 0 amide bonds. The zero-order valence-corrected chi connectivity index (χ0v) is 5.82. The van der Waals surface area contributed by atoms with Gasteiger partial charge in [-0.25, -0.2) is 0 Å². The van der Waals surface area contributed by atoms with Crippen LogP contribution in [0.5, 0.6) is 0 Å². The summed E-state index contributed by atoms with van der Waals surface area (Å²) < 4.78 is 0. The third-order valence-electron chi connectivity index (χ3n) is 0.687. The van der Waals surface area contributed by atoms with Crippen LogP contribution in [0.3, 0.4) is 0 Å². The summed E-state index contributed by atoms with van der Waals surface area (Å²) in [5.74, 6) is 0.125. The molecule has 1 aromatic heterocycles. The second kappa shape index (κ2) is 3.19. The minimum absolute atomic E-state index is 0. The first-order valence-corrected chi connectivity index (χ1v) is 2.21. The Morgan fingerprint density at radius 2 is 0.900 bits per heavy atom. The standard InChI is InChI=1S/C3H6N6.Cu/c4-1-7-2(5)9-3(6)8-1;/h(H6,4,5,6,7,8,9);/q;+1. The Bertz CT molecular complexity index is 174. The average Bonchev–Trinajstić information content (AvgIpc) is 1.59. The topological polar surface area (TPSA) is 117 Å². The van der Waals surface area contributed by atoms with Gasteiger partial charge in [0.1, 0.15) is 0 Å². The molecule has 1 rings (SSSR count). The number of nitrogens with zero attached hydrogens (tertiary/aromatic N) is 3. The molecule has 7 heteroatoms. The summed E-state index contributed by atoms with van der Waals surface area (Å²) in [6.45, 7) is 0. The molecule has 0 unspecified atom stereocenters. The van der Waals surface area contributed by atoms with Crippen LogP contribution < -0.4 is 17.2 Å². The van der Waals surface area contributed by atoms with E-state index < -0.39 is 0 Å². The first-order chi connectivity index (χ1) is 4.18. The molecular weight excluding hydrogens is 184 g/mol. The van der Waals surface area contributed by atoms with Gasteiger partial charge >= 0.3 is 17.1 Å². The van der Waals surface area contributed by atoms with Crippen molar-refractivity contribution in [3.63, 3.8) is 0 Å². The van der Waals surface area contributed by atoms with Crippen LogP contribution in [-0.2, 0) is 17.1 Å². The predicted octanol–water partition coefficient (Wildman–Crippen LogP) is -1.38. The van der Waals surface area contributed by atoms with Crippen LogP contribution in [0.2, 0.25) is 0 Å². The number of hydrogen-bond acceptors (Lipinski definition) is 6. The van der Waals surface area contributed by atoms with Crippen LogP contribution in [0.25, 0.3) is 0 Å². The molecule has 0 aromatic carbocycles. The van der Waals surface area contributed by atoms with Crippen molar-refractivity contribution in [1.29, 1.82) is 0 Å². The maximum absolute atomic E-state index is 5.14. The van der Waals surface area contributed by atoms with Crippen molar-refractivity contribution in [2.45, 2.75) is 0 Å². The van der Waals surface area contributed by atoms with Gasteiger partial charge in [-0.15, -0.1) is 0 Å². The third kappa shape index (κ3) is 2.04. The van der Waals surface area contributed by atoms with E-state index in [1.165, 1.54) is 0 Å². The Labute approximate surface area is 67.7 Å². The first kappa shape index (κ1) is 8.93. The zero-order chi connectivity index (χ0) is 6.85. The summed E-state index contributed by atoms with van der Waals surface area (Å²) in [5.41, 5.74) is 15.4. The minimum atomic E-state index is 0. The largest absolute Gasteiger partial charge is 1.00 e. The molecule has 0 radical (unpaired) electrons. The molecule has 0 atom stereocenters. The number of nitrogens with two attached hydrogens (primary N) is 3. The van der Waals surface area contributed by atoms with Gasteiger partial charge < -0.3 is 17.2 Å². The number of aromatic nitrogens is 3. The van der Waals surface area contributed by atoms with E-state index in [9.17, 15) is 0 Å². The molecule has 0 fully saturated rings. The number of nitrogen functional groups attached to an aromatic ring is 3. The molecule has 1 heterocycles. The number of hydrogen-bond donors (Lipinski definition) is 3. The molecule has 58 valence electrons. The summed E-state index contributed by atoms with van der Waals surface area (Å²) in [6.07, 6.45) is 0. The van der Waals surface area contributed by atoms with Crippen molar-refractivity contribution in [2.75, 3.05) is 17.2 Å². The monoisotopic (exact) mass is 189 g/mol. The van der Waals surface area contributed by atoms with Crippen molar-refractivity contribution in [2.24, 2.45) is 0 Å². The molecule has 1 aromatic rings. The summed E-state index contributed by atoms with van der Waals surface area (Å²) in [7, 11) is 0. The van der Waals surface area contributed by atoms with Crippen LogP contribution in [0.15, 0.2) is 0 Å². The molecule has 0 aliphatic rings. The Morgan fingerprint density at radius 1 is 0.700 bits per heavy atom. The molecular formula is C3H6CuN6+. The van der Waals surface area contributed by atoms with Crippen LogP contribution >= 0.6 is 0 Å². The van der Waals surface area contributed by atoms with E-state index in [2.05, 4.69) is 15.0 Å². The van der Waals surface area contributed by atoms with E-state index in [0.29, 0.717) is 0 Å². The molecule has 0 aliphatic heterocycles. The van der Waals surface area contributed by atoms with E-state index in [0.717, 1.165) is 0 Å². The van der Waals surface area contributed by atoms with Gasteiger partial charge in [0.05, 0.1) is 0 Å². The Balaban J connectivity index is 0.000000810. The molecule has 0 saturated heterocycles. The van der Waals surface area contributed by atoms with Gasteiger partial charge in [0.2, 0.25) is 17.8 Å². The van der Waals surface area contributed by atoms with Gasteiger partial charge in [-0.05, 0) is 0 Å². The van der Waals surface area contributed by atoms with Crippen LogP contribution in [0.1, 0.15) is 0 Å². The van der Waals surface area contributed by atoms with Gasteiger partial charge in [-0.2, -0.15) is 15.0 Å². The fraction of sp³-hybridized carbons (Fsp3) is 0. The second-order valence-corrected chi connectivity index (χ2v) is 1.41. The number of rotatable bonds is 0. The van der Waals surface area contributed by atoms with Gasteiger partial charge in [-0.1, -0.05) is 0 Å². The summed E-state index contributed by atoms with van der Waals surface area (Å²) in [4.78, 5) is 10.5. The normalized spacial score (nSPS) is 8.40. The SMILES string of the molecule is Nc1nc(N)nc(N)n1.[Cu+]. The average molecular weight is 190 g/mol. The fourth-order valence-electron chi connectivity index (χ4n) is 0.427. The fourth-order valence-corrected chi connectivity index (χ4v) is 0.427. The molecule has 0 bridgehead atoms. The van der Waals surface area contributed by atoms with E-state index in [1.807, 2.05) is 0 Å². The molecule has 6 N–H and O–H groups in total. The third-order valence-corrected chi connectivity index (χ3v) is 0.687. The van der Waals surface area contributed by atoms with Crippen molar-refractivity contribution in [3.8, 4) is 0 Å². The van der Waals surface area contributed by atoms with Crippen LogP contribution in [-0.4, -0.2) is 15.0 Å².